The van der Waals surface area contributed by atoms with Crippen LogP contribution in [0.1, 0.15) is 25.0 Å². The summed E-state index contributed by atoms with van der Waals surface area (Å²) in [6.45, 7) is 7.26. The van der Waals surface area contributed by atoms with Crippen LogP contribution in [0.15, 0.2) is 24.3 Å². The van der Waals surface area contributed by atoms with Crippen LogP contribution in [0, 0.1) is 17.7 Å². The van der Waals surface area contributed by atoms with Crippen LogP contribution in [0.4, 0.5) is 4.39 Å². The number of likely N-dealkylation sites (tertiary alicyclic amines) is 1. The number of carboxylic acid groups (broad SMARTS) is 1. The maximum absolute atomic E-state index is 13.3. The van der Waals surface area contributed by atoms with E-state index in [4.69, 9.17) is 5.11 Å². The Balaban J connectivity index is 2.17. The Labute approximate surface area is 118 Å². The molecule has 2 atom stereocenters. The van der Waals surface area contributed by atoms with Crippen LogP contribution < -0.4 is 0 Å². The first kappa shape index (κ1) is 14.7. The van der Waals surface area contributed by atoms with Crippen molar-refractivity contribution in [3.05, 3.63) is 41.2 Å². The molecule has 108 valence electrons. The third-order valence-electron chi connectivity index (χ3n) is 3.97. The highest BCUT2D eigenvalue weighted by atomic mass is 19.1. The lowest BCUT2D eigenvalue weighted by atomic mass is 10.0. The van der Waals surface area contributed by atoms with Crippen LogP contribution in [0.3, 0.4) is 0 Å². The van der Waals surface area contributed by atoms with Gasteiger partial charge in [0.2, 0.25) is 0 Å². The first-order valence-electron chi connectivity index (χ1n) is 6.87. The van der Waals surface area contributed by atoms with Gasteiger partial charge in [-0.05, 0) is 41.2 Å². The number of benzene rings is 1. The highest BCUT2D eigenvalue weighted by Crippen LogP contribution is 2.25. The Morgan fingerprint density at radius 3 is 2.65 bits per heavy atom. The molecule has 0 amide bonds. The van der Waals surface area contributed by atoms with E-state index in [2.05, 4.69) is 18.7 Å². The number of carboxylic acids is 1. The van der Waals surface area contributed by atoms with Crippen molar-refractivity contribution in [3.8, 4) is 0 Å². The minimum absolute atomic E-state index is 0.345. The van der Waals surface area contributed by atoms with Crippen molar-refractivity contribution in [2.24, 2.45) is 11.8 Å². The summed E-state index contributed by atoms with van der Waals surface area (Å²) >= 11 is 0. The summed E-state index contributed by atoms with van der Waals surface area (Å²) in [7, 11) is 0. The molecule has 1 fully saturated rings. The van der Waals surface area contributed by atoms with Gasteiger partial charge in [0.1, 0.15) is 5.82 Å². The summed E-state index contributed by atoms with van der Waals surface area (Å²) in [4.78, 5) is 12.9. The first-order valence-corrected chi connectivity index (χ1v) is 6.87. The van der Waals surface area contributed by atoms with Crippen LogP contribution in [-0.2, 0) is 11.3 Å². The van der Waals surface area contributed by atoms with Gasteiger partial charge in [-0.3, -0.25) is 4.90 Å². The quantitative estimate of drug-likeness (QED) is 0.860. The number of hydrogen-bond acceptors (Lipinski definition) is 2. The molecular weight excluding hydrogens is 257 g/mol. The minimum atomic E-state index is -1.02. The second kappa shape index (κ2) is 6.18. The fourth-order valence-corrected chi connectivity index (χ4v) is 2.64. The molecule has 1 saturated heterocycles. The summed E-state index contributed by atoms with van der Waals surface area (Å²) in [5.74, 6) is -0.0486. The summed E-state index contributed by atoms with van der Waals surface area (Å²) < 4.78 is 13.3. The summed E-state index contributed by atoms with van der Waals surface area (Å²) in [6, 6.07) is 4.55. The zero-order valence-corrected chi connectivity index (χ0v) is 11.8. The van der Waals surface area contributed by atoms with Crippen molar-refractivity contribution >= 4 is 12.0 Å². The Hall–Kier alpha value is -1.68. The van der Waals surface area contributed by atoms with Crippen LogP contribution in [-0.4, -0.2) is 29.1 Å². The highest BCUT2D eigenvalue weighted by Gasteiger charge is 2.26. The van der Waals surface area contributed by atoms with E-state index < -0.39 is 5.97 Å². The van der Waals surface area contributed by atoms with Gasteiger partial charge in [-0.25, -0.2) is 9.18 Å². The average molecular weight is 277 g/mol. The summed E-state index contributed by atoms with van der Waals surface area (Å²) in [6.07, 6.45) is 2.51. The number of rotatable bonds is 4. The molecule has 0 aromatic heterocycles. The van der Waals surface area contributed by atoms with Crippen molar-refractivity contribution in [2.75, 3.05) is 13.1 Å². The molecule has 3 nitrogen and oxygen atoms in total. The fraction of sp³-hybridized carbons (Fsp3) is 0.438. The molecule has 0 spiro atoms. The highest BCUT2D eigenvalue weighted by molar-refractivity contribution is 5.85. The molecule has 20 heavy (non-hydrogen) atoms. The van der Waals surface area contributed by atoms with Crippen molar-refractivity contribution in [1.82, 2.24) is 4.90 Å². The van der Waals surface area contributed by atoms with Gasteiger partial charge in [0.25, 0.3) is 0 Å². The zero-order valence-electron chi connectivity index (χ0n) is 11.8. The fourth-order valence-electron chi connectivity index (χ4n) is 2.64. The van der Waals surface area contributed by atoms with E-state index in [1.165, 1.54) is 18.2 Å². The minimum Gasteiger partial charge on any atom is -0.478 e. The lowest BCUT2D eigenvalue weighted by molar-refractivity contribution is -0.131. The van der Waals surface area contributed by atoms with E-state index in [9.17, 15) is 9.18 Å². The lowest BCUT2D eigenvalue weighted by Crippen LogP contribution is -2.20. The van der Waals surface area contributed by atoms with Gasteiger partial charge in [0.05, 0.1) is 0 Å². The van der Waals surface area contributed by atoms with Crippen LogP contribution in [0.2, 0.25) is 0 Å². The molecule has 2 rings (SSSR count). The first-order chi connectivity index (χ1) is 9.45. The van der Waals surface area contributed by atoms with Gasteiger partial charge in [-0.15, -0.1) is 0 Å². The van der Waals surface area contributed by atoms with Crippen LogP contribution in [0.5, 0.6) is 0 Å². The number of aliphatic carboxylic acids is 1. The summed E-state index contributed by atoms with van der Waals surface area (Å²) in [5, 5.41) is 8.70. The van der Waals surface area contributed by atoms with Gasteiger partial charge in [0.15, 0.2) is 0 Å². The van der Waals surface area contributed by atoms with E-state index in [0.29, 0.717) is 17.4 Å². The Bertz CT molecular complexity index is 517. The van der Waals surface area contributed by atoms with Gasteiger partial charge in [-0.2, -0.15) is 0 Å². The smallest absolute Gasteiger partial charge is 0.328 e. The molecule has 1 aromatic rings. The number of hydrogen-bond donors (Lipinski definition) is 1. The molecule has 2 unspecified atom stereocenters. The van der Waals surface area contributed by atoms with Crippen molar-refractivity contribution < 1.29 is 14.3 Å². The van der Waals surface area contributed by atoms with E-state index >= 15 is 0 Å². The SMILES string of the molecule is CC1CN(Cc2ccc(F)cc2C=CC(=O)O)CC1C. The second-order valence-corrected chi connectivity index (χ2v) is 5.66. The van der Waals surface area contributed by atoms with Crippen molar-refractivity contribution in [2.45, 2.75) is 20.4 Å². The van der Waals surface area contributed by atoms with Gasteiger partial charge in [0, 0.05) is 25.7 Å². The van der Waals surface area contributed by atoms with Gasteiger partial charge in [-0.1, -0.05) is 19.9 Å². The van der Waals surface area contributed by atoms with E-state index in [0.717, 1.165) is 31.3 Å². The maximum atomic E-state index is 13.3. The van der Waals surface area contributed by atoms with E-state index in [1.807, 2.05) is 0 Å². The normalized spacial score (nSPS) is 23.6. The van der Waals surface area contributed by atoms with Crippen LogP contribution in [0.25, 0.3) is 6.08 Å². The van der Waals surface area contributed by atoms with Crippen molar-refractivity contribution in [1.29, 1.82) is 0 Å². The van der Waals surface area contributed by atoms with Crippen LogP contribution >= 0.6 is 0 Å². The second-order valence-electron chi connectivity index (χ2n) is 5.66. The number of carbonyl (C=O) groups is 1. The molecular formula is C16H20FNO2. The molecule has 0 bridgehead atoms. The molecule has 0 radical (unpaired) electrons. The topological polar surface area (TPSA) is 40.5 Å². The van der Waals surface area contributed by atoms with Gasteiger partial charge < -0.3 is 5.11 Å². The molecule has 1 N–H and O–H groups in total. The molecule has 1 aliphatic rings. The Kier molecular flexibility index (Phi) is 4.55. The number of nitrogens with zero attached hydrogens (tertiary/aromatic N) is 1. The van der Waals surface area contributed by atoms with Crippen molar-refractivity contribution in [3.63, 3.8) is 0 Å². The molecule has 1 aromatic carbocycles. The van der Waals surface area contributed by atoms with E-state index in [1.54, 1.807) is 6.07 Å². The molecule has 1 aliphatic heterocycles. The molecule has 0 aliphatic carbocycles. The van der Waals surface area contributed by atoms with Gasteiger partial charge >= 0.3 is 5.97 Å². The zero-order chi connectivity index (χ0) is 14.7. The molecule has 4 heteroatoms. The largest absolute Gasteiger partial charge is 0.478 e. The monoisotopic (exact) mass is 277 g/mol. The maximum Gasteiger partial charge on any atom is 0.328 e. The Morgan fingerprint density at radius 1 is 1.40 bits per heavy atom. The predicted molar refractivity (Wildman–Crippen MR) is 76.7 cm³/mol. The Morgan fingerprint density at radius 2 is 2.05 bits per heavy atom. The third-order valence-corrected chi connectivity index (χ3v) is 3.97. The molecule has 1 heterocycles. The van der Waals surface area contributed by atoms with E-state index in [-0.39, 0.29) is 5.82 Å². The lowest BCUT2D eigenvalue weighted by Gasteiger charge is -2.17. The summed E-state index contributed by atoms with van der Waals surface area (Å²) in [5.41, 5.74) is 1.60. The average Bonchev–Trinajstić information content (AvgIpc) is 2.68. The predicted octanol–water partition coefficient (Wildman–Crippen LogP) is 3.01. The molecule has 0 saturated carbocycles. The standard InChI is InChI=1S/C16H20FNO2/c1-11-8-18(9-12(11)2)10-14-3-5-15(17)7-13(14)4-6-16(19)20/h3-7,11-12H,8-10H2,1-2H3,(H,19,20). The number of halogens is 1. The third kappa shape index (κ3) is 3.67.